The Bertz CT molecular complexity index is 388. The summed E-state index contributed by atoms with van der Waals surface area (Å²) in [5.74, 6) is 1.42. The van der Waals surface area contributed by atoms with Crippen molar-refractivity contribution >= 4 is 11.5 Å². The zero-order valence-corrected chi connectivity index (χ0v) is 10.7. The van der Waals surface area contributed by atoms with E-state index in [2.05, 4.69) is 16.9 Å². The van der Waals surface area contributed by atoms with E-state index < -0.39 is 0 Å². The van der Waals surface area contributed by atoms with Gasteiger partial charge in [-0.05, 0) is 19.8 Å². The first-order valence-corrected chi connectivity index (χ1v) is 6.36. The number of hydrogen-bond donors (Lipinski definition) is 2. The van der Waals surface area contributed by atoms with Gasteiger partial charge in [0.1, 0.15) is 0 Å². The molecule has 1 aliphatic heterocycles. The van der Waals surface area contributed by atoms with Gasteiger partial charge in [-0.3, -0.25) is 0 Å². The first-order chi connectivity index (χ1) is 8.17. The highest BCUT2D eigenvalue weighted by molar-refractivity contribution is 5.66. The van der Waals surface area contributed by atoms with Crippen molar-refractivity contribution < 1.29 is 5.11 Å². The van der Waals surface area contributed by atoms with Crippen molar-refractivity contribution in [3.05, 3.63) is 5.69 Å². The molecule has 1 fully saturated rings. The Morgan fingerprint density at radius 3 is 2.88 bits per heavy atom. The Morgan fingerprint density at radius 2 is 2.29 bits per heavy atom. The normalized spacial score (nSPS) is 20.2. The van der Waals surface area contributed by atoms with Crippen molar-refractivity contribution in [2.45, 2.75) is 33.2 Å². The summed E-state index contributed by atoms with van der Waals surface area (Å²) in [6.07, 6.45) is 2.08. The molecule has 96 valence electrons. The van der Waals surface area contributed by atoms with Crippen LogP contribution < -0.4 is 10.6 Å². The van der Waals surface area contributed by atoms with Gasteiger partial charge in [-0.1, -0.05) is 6.92 Å². The van der Waals surface area contributed by atoms with Crippen LogP contribution in [0.4, 0.5) is 11.5 Å². The van der Waals surface area contributed by atoms with Gasteiger partial charge in [0.25, 0.3) is 0 Å². The predicted molar refractivity (Wildman–Crippen MR) is 69.1 cm³/mol. The van der Waals surface area contributed by atoms with E-state index in [0.717, 1.165) is 49.7 Å². The largest absolute Gasteiger partial charge is 0.396 e. The summed E-state index contributed by atoms with van der Waals surface area (Å²) in [7, 11) is 0. The summed E-state index contributed by atoms with van der Waals surface area (Å²) in [6.45, 7) is 7.09. The van der Waals surface area contributed by atoms with E-state index in [1.807, 2.05) is 11.6 Å². The maximum atomic E-state index is 9.20. The summed E-state index contributed by atoms with van der Waals surface area (Å²) in [6, 6.07) is 0. The number of aliphatic hydroxyl groups is 1. The van der Waals surface area contributed by atoms with Crippen molar-refractivity contribution in [3.8, 4) is 0 Å². The number of rotatable bonds is 4. The number of nitrogens with two attached hydrogens (primary N) is 1. The first-order valence-electron chi connectivity index (χ1n) is 6.36. The van der Waals surface area contributed by atoms with Crippen LogP contribution in [0.5, 0.6) is 0 Å². The molecule has 0 aliphatic carbocycles. The number of aromatic nitrogens is 2. The second-order valence-electron chi connectivity index (χ2n) is 4.83. The molecule has 5 heteroatoms. The molecule has 1 atom stereocenters. The molecule has 1 saturated heterocycles. The second kappa shape index (κ2) is 4.96. The Hall–Kier alpha value is -1.23. The van der Waals surface area contributed by atoms with Crippen molar-refractivity contribution in [2.24, 2.45) is 5.92 Å². The van der Waals surface area contributed by atoms with Crippen LogP contribution in [0.3, 0.4) is 0 Å². The fourth-order valence-corrected chi connectivity index (χ4v) is 2.46. The molecule has 2 rings (SSSR count). The van der Waals surface area contributed by atoms with Crippen molar-refractivity contribution in [1.29, 1.82) is 0 Å². The van der Waals surface area contributed by atoms with Gasteiger partial charge in [0.05, 0.1) is 11.4 Å². The van der Waals surface area contributed by atoms with Gasteiger partial charge in [0.15, 0.2) is 5.82 Å². The van der Waals surface area contributed by atoms with Crippen LogP contribution in [-0.4, -0.2) is 34.6 Å². The zero-order chi connectivity index (χ0) is 12.4. The lowest BCUT2D eigenvalue weighted by atomic mass is 10.1. The number of aryl methyl sites for hydroxylation is 2. The molecule has 17 heavy (non-hydrogen) atoms. The van der Waals surface area contributed by atoms with E-state index >= 15 is 0 Å². The highest BCUT2D eigenvalue weighted by Gasteiger charge is 2.26. The predicted octanol–water partition coefficient (Wildman–Crippen LogP) is 1.00. The average molecular weight is 238 g/mol. The lowest BCUT2D eigenvalue weighted by Crippen LogP contribution is -2.24. The molecule has 0 bridgehead atoms. The van der Waals surface area contributed by atoms with Gasteiger partial charge in [-0.15, -0.1) is 0 Å². The minimum absolute atomic E-state index is 0.261. The number of anilines is 2. The van der Waals surface area contributed by atoms with Gasteiger partial charge in [-0.2, -0.15) is 5.10 Å². The van der Waals surface area contributed by atoms with Crippen LogP contribution in [0, 0.1) is 12.8 Å². The quantitative estimate of drug-likeness (QED) is 0.821. The van der Waals surface area contributed by atoms with Crippen LogP contribution >= 0.6 is 0 Å². The maximum Gasteiger partial charge on any atom is 0.150 e. The summed E-state index contributed by atoms with van der Waals surface area (Å²) in [5, 5.41) is 13.7. The van der Waals surface area contributed by atoms with Crippen LogP contribution in [0.15, 0.2) is 0 Å². The molecule has 0 saturated carbocycles. The van der Waals surface area contributed by atoms with E-state index in [1.54, 1.807) is 0 Å². The first kappa shape index (κ1) is 12.2. The fourth-order valence-electron chi connectivity index (χ4n) is 2.46. The molecule has 0 amide bonds. The minimum Gasteiger partial charge on any atom is -0.396 e. The van der Waals surface area contributed by atoms with Gasteiger partial charge in [-0.25, -0.2) is 4.68 Å². The monoisotopic (exact) mass is 238 g/mol. The van der Waals surface area contributed by atoms with Crippen LogP contribution in [0.1, 0.15) is 25.5 Å². The van der Waals surface area contributed by atoms with E-state index in [1.165, 1.54) is 0 Å². The standard InChI is InChI=1S/C12H22N4O/c1-3-5-16-12(11(13)9(2)14-16)15-6-4-10(7-15)8-17/h10,17H,3-8,13H2,1-2H3. The molecule has 2 heterocycles. The summed E-state index contributed by atoms with van der Waals surface area (Å²) in [4.78, 5) is 2.26. The molecule has 1 aromatic rings. The third-order valence-corrected chi connectivity index (χ3v) is 3.42. The van der Waals surface area contributed by atoms with E-state index in [0.29, 0.717) is 5.92 Å². The third kappa shape index (κ3) is 2.24. The van der Waals surface area contributed by atoms with Gasteiger partial charge < -0.3 is 15.7 Å². The molecule has 0 radical (unpaired) electrons. The molecule has 5 nitrogen and oxygen atoms in total. The average Bonchev–Trinajstić information content (AvgIpc) is 2.86. The smallest absolute Gasteiger partial charge is 0.150 e. The molecule has 1 aromatic heterocycles. The minimum atomic E-state index is 0.261. The molecule has 1 aliphatic rings. The lowest BCUT2D eigenvalue weighted by Gasteiger charge is -2.20. The number of nitrogen functional groups attached to an aromatic ring is 1. The van der Waals surface area contributed by atoms with Crippen LogP contribution in [0.25, 0.3) is 0 Å². The van der Waals surface area contributed by atoms with Gasteiger partial charge >= 0.3 is 0 Å². The molecular weight excluding hydrogens is 216 g/mol. The fraction of sp³-hybridized carbons (Fsp3) is 0.750. The van der Waals surface area contributed by atoms with Crippen molar-refractivity contribution in [1.82, 2.24) is 9.78 Å². The van der Waals surface area contributed by atoms with E-state index in [4.69, 9.17) is 5.73 Å². The highest BCUT2D eigenvalue weighted by Crippen LogP contribution is 2.31. The summed E-state index contributed by atoms with van der Waals surface area (Å²) >= 11 is 0. The van der Waals surface area contributed by atoms with Crippen LogP contribution in [-0.2, 0) is 6.54 Å². The third-order valence-electron chi connectivity index (χ3n) is 3.42. The number of nitrogens with zero attached hydrogens (tertiary/aromatic N) is 3. The zero-order valence-electron chi connectivity index (χ0n) is 10.7. The van der Waals surface area contributed by atoms with Crippen molar-refractivity contribution in [3.63, 3.8) is 0 Å². The summed E-state index contributed by atoms with van der Waals surface area (Å²) in [5.41, 5.74) is 7.81. The number of hydrogen-bond acceptors (Lipinski definition) is 4. The van der Waals surface area contributed by atoms with Crippen LogP contribution in [0.2, 0.25) is 0 Å². The van der Waals surface area contributed by atoms with E-state index in [9.17, 15) is 5.11 Å². The maximum absolute atomic E-state index is 9.20. The molecule has 1 unspecified atom stereocenters. The molecule has 0 aromatic carbocycles. The van der Waals surface area contributed by atoms with E-state index in [-0.39, 0.29) is 6.61 Å². The Balaban J connectivity index is 2.24. The molecule has 0 spiro atoms. The Labute approximate surface area is 102 Å². The number of aliphatic hydroxyl groups excluding tert-OH is 1. The van der Waals surface area contributed by atoms with Crippen molar-refractivity contribution in [2.75, 3.05) is 30.3 Å². The van der Waals surface area contributed by atoms with Gasteiger partial charge in [0.2, 0.25) is 0 Å². The topological polar surface area (TPSA) is 67.3 Å². The summed E-state index contributed by atoms with van der Waals surface area (Å²) < 4.78 is 2.00. The Kier molecular flexibility index (Phi) is 3.57. The molecular formula is C12H22N4O. The second-order valence-corrected chi connectivity index (χ2v) is 4.83. The van der Waals surface area contributed by atoms with Gasteiger partial charge in [0, 0.05) is 32.2 Å². The highest BCUT2D eigenvalue weighted by atomic mass is 16.3. The lowest BCUT2D eigenvalue weighted by molar-refractivity contribution is 0.238. The Morgan fingerprint density at radius 1 is 1.53 bits per heavy atom. The molecule has 3 N–H and O–H groups in total. The SMILES string of the molecule is CCCn1nc(C)c(N)c1N1CCC(CO)C1.